The van der Waals surface area contributed by atoms with E-state index in [1.807, 2.05) is 0 Å². The van der Waals surface area contributed by atoms with Gasteiger partial charge in [-0.3, -0.25) is 4.79 Å². The van der Waals surface area contributed by atoms with Crippen molar-refractivity contribution in [2.24, 2.45) is 7.05 Å². The van der Waals surface area contributed by atoms with Gasteiger partial charge in [0.25, 0.3) is 5.91 Å². The number of aliphatic hydroxyl groups excluding tert-OH is 1. The monoisotopic (exact) mass is 340 g/mol. The highest BCUT2D eigenvalue weighted by Crippen LogP contribution is 2.33. The van der Waals surface area contributed by atoms with Gasteiger partial charge >= 0.3 is 0 Å². The minimum atomic E-state index is -0.596. The Hall–Kier alpha value is -2.80. The predicted octanol–water partition coefficient (Wildman–Crippen LogP) is 2.06. The van der Waals surface area contributed by atoms with Crippen LogP contribution < -0.4 is 0 Å². The zero-order valence-electron chi connectivity index (χ0n) is 13.6. The minimum Gasteiger partial charge on any atom is -0.391 e. The van der Waals surface area contributed by atoms with Crippen LogP contribution in [0.2, 0.25) is 0 Å². The second-order valence-corrected chi connectivity index (χ2v) is 6.33. The molecule has 6 nitrogen and oxygen atoms in total. The van der Waals surface area contributed by atoms with Crippen LogP contribution in [0.5, 0.6) is 0 Å². The van der Waals surface area contributed by atoms with Gasteiger partial charge in [-0.25, -0.2) is 9.07 Å². The summed E-state index contributed by atoms with van der Waals surface area (Å²) in [5.41, 5.74) is 2.81. The number of halogens is 1. The van der Waals surface area contributed by atoms with Crippen molar-refractivity contribution < 1.29 is 14.3 Å². The van der Waals surface area contributed by atoms with E-state index >= 15 is 0 Å². The number of likely N-dealkylation sites (tertiary alicyclic amines) is 1. The van der Waals surface area contributed by atoms with E-state index in [0.717, 1.165) is 16.6 Å². The molecule has 2 heterocycles. The molecule has 3 aromatic rings. The molecule has 1 aliphatic heterocycles. The number of hydrogen-bond donors (Lipinski definition) is 1. The van der Waals surface area contributed by atoms with Crippen molar-refractivity contribution in [3.8, 4) is 0 Å². The molecule has 2 atom stereocenters. The summed E-state index contributed by atoms with van der Waals surface area (Å²) in [4.78, 5) is 14.7. The second-order valence-electron chi connectivity index (χ2n) is 6.33. The normalized spacial score (nSPS) is 20.4. The lowest BCUT2D eigenvalue weighted by Crippen LogP contribution is -2.31. The standard InChI is InChI=1S/C18H17FN4O2/c1-22-17-8-12(4-7-15(17)20-21-22)18(25)23-10-14(24)9-16(23)11-2-5-13(19)6-3-11/h2-8,14,16,24H,9-10H2,1H3/t14-,16+/m0/s1. The van der Waals surface area contributed by atoms with Crippen molar-refractivity contribution in [3.05, 3.63) is 59.4 Å². The zero-order valence-corrected chi connectivity index (χ0v) is 13.6. The van der Waals surface area contributed by atoms with Gasteiger partial charge in [0.1, 0.15) is 11.3 Å². The molecule has 1 aliphatic rings. The zero-order chi connectivity index (χ0) is 17.6. The molecule has 0 unspecified atom stereocenters. The van der Waals surface area contributed by atoms with E-state index in [2.05, 4.69) is 10.3 Å². The average molecular weight is 340 g/mol. The van der Waals surface area contributed by atoms with Crippen LogP contribution in [0.15, 0.2) is 42.5 Å². The summed E-state index contributed by atoms with van der Waals surface area (Å²) < 4.78 is 14.8. The van der Waals surface area contributed by atoms with E-state index in [4.69, 9.17) is 0 Å². The number of carbonyl (C=O) groups is 1. The molecule has 0 radical (unpaired) electrons. The first kappa shape index (κ1) is 15.7. The predicted molar refractivity (Wildman–Crippen MR) is 89.3 cm³/mol. The topological polar surface area (TPSA) is 71.2 Å². The van der Waals surface area contributed by atoms with E-state index in [9.17, 15) is 14.3 Å². The van der Waals surface area contributed by atoms with Crippen LogP contribution in [0.25, 0.3) is 11.0 Å². The smallest absolute Gasteiger partial charge is 0.254 e. The third-order valence-corrected chi connectivity index (χ3v) is 4.65. The van der Waals surface area contributed by atoms with Gasteiger partial charge in [-0.05, 0) is 42.3 Å². The number of aliphatic hydroxyl groups is 1. The van der Waals surface area contributed by atoms with Crippen LogP contribution in [0.1, 0.15) is 28.4 Å². The number of benzene rings is 2. The van der Waals surface area contributed by atoms with Gasteiger partial charge < -0.3 is 10.0 Å². The van der Waals surface area contributed by atoms with Gasteiger partial charge in [0.2, 0.25) is 0 Å². The maximum Gasteiger partial charge on any atom is 0.254 e. The average Bonchev–Trinajstić information content (AvgIpc) is 3.18. The Labute approximate surface area is 143 Å². The molecule has 1 N–H and O–H groups in total. The van der Waals surface area contributed by atoms with Gasteiger partial charge in [0, 0.05) is 19.2 Å². The summed E-state index contributed by atoms with van der Waals surface area (Å²) >= 11 is 0. The van der Waals surface area contributed by atoms with Crippen molar-refractivity contribution in [1.29, 1.82) is 0 Å². The molecule has 0 spiro atoms. The Balaban J connectivity index is 1.68. The minimum absolute atomic E-state index is 0.172. The van der Waals surface area contributed by atoms with Crippen LogP contribution in [0.3, 0.4) is 0 Å². The molecule has 1 fully saturated rings. The maximum atomic E-state index is 13.2. The van der Waals surface area contributed by atoms with Crippen LogP contribution >= 0.6 is 0 Å². The number of β-amino-alcohol motifs (C(OH)–C–C–N with tert-alkyl or cyclic N) is 1. The van der Waals surface area contributed by atoms with E-state index in [1.165, 1.54) is 12.1 Å². The summed E-state index contributed by atoms with van der Waals surface area (Å²) in [6, 6.07) is 11.0. The van der Waals surface area contributed by atoms with E-state index in [0.29, 0.717) is 12.0 Å². The van der Waals surface area contributed by atoms with Crippen LogP contribution in [0, 0.1) is 5.82 Å². The summed E-state index contributed by atoms with van der Waals surface area (Å²) in [7, 11) is 1.77. The van der Waals surface area contributed by atoms with Crippen molar-refractivity contribution in [3.63, 3.8) is 0 Å². The summed E-state index contributed by atoms with van der Waals surface area (Å²) in [6.45, 7) is 0.253. The largest absolute Gasteiger partial charge is 0.391 e. The molecule has 0 aliphatic carbocycles. The lowest BCUT2D eigenvalue weighted by molar-refractivity contribution is 0.0716. The van der Waals surface area contributed by atoms with E-state index in [1.54, 1.807) is 47.0 Å². The third kappa shape index (κ3) is 2.76. The number of rotatable bonds is 2. The number of aromatic nitrogens is 3. The Bertz CT molecular complexity index is 938. The van der Waals surface area contributed by atoms with Crippen molar-refractivity contribution in [2.75, 3.05) is 6.54 Å². The fourth-order valence-electron chi connectivity index (χ4n) is 3.37. The highest BCUT2D eigenvalue weighted by Gasteiger charge is 2.35. The number of fused-ring (bicyclic) bond motifs is 1. The lowest BCUT2D eigenvalue weighted by Gasteiger charge is -2.25. The van der Waals surface area contributed by atoms with Crippen molar-refractivity contribution in [1.82, 2.24) is 19.9 Å². The first-order chi connectivity index (χ1) is 12.0. The summed E-state index contributed by atoms with van der Waals surface area (Å²) in [6.07, 6.45) is -0.159. The molecular weight excluding hydrogens is 323 g/mol. The molecule has 1 saturated heterocycles. The van der Waals surface area contributed by atoms with Crippen LogP contribution in [0.4, 0.5) is 4.39 Å². The highest BCUT2D eigenvalue weighted by molar-refractivity contribution is 5.97. The SMILES string of the molecule is Cn1nnc2ccc(C(=O)N3C[C@@H](O)C[C@@H]3c3ccc(F)cc3)cc21. The van der Waals surface area contributed by atoms with Gasteiger partial charge in [-0.15, -0.1) is 5.10 Å². The van der Waals surface area contributed by atoms with E-state index in [-0.39, 0.29) is 24.3 Å². The number of nitrogens with zero attached hydrogens (tertiary/aromatic N) is 4. The summed E-state index contributed by atoms with van der Waals surface area (Å²) in [5.74, 6) is -0.497. The number of aryl methyl sites for hydroxylation is 1. The van der Waals surface area contributed by atoms with E-state index < -0.39 is 6.10 Å². The molecule has 0 saturated carbocycles. The molecule has 1 aromatic heterocycles. The van der Waals surface area contributed by atoms with Gasteiger partial charge in [-0.2, -0.15) is 0 Å². The number of amides is 1. The number of carbonyl (C=O) groups excluding carboxylic acids is 1. The van der Waals surface area contributed by atoms with Gasteiger partial charge in [-0.1, -0.05) is 17.3 Å². The molecule has 2 aromatic carbocycles. The molecule has 1 amide bonds. The van der Waals surface area contributed by atoms with Gasteiger partial charge in [0.15, 0.2) is 0 Å². The molecule has 25 heavy (non-hydrogen) atoms. The Morgan fingerprint density at radius 2 is 2.00 bits per heavy atom. The molecule has 4 rings (SSSR count). The molecular formula is C18H17FN4O2. The first-order valence-corrected chi connectivity index (χ1v) is 8.07. The maximum absolute atomic E-state index is 13.2. The molecule has 7 heteroatoms. The molecule has 0 bridgehead atoms. The Kier molecular flexibility index (Phi) is 3.73. The van der Waals surface area contributed by atoms with Crippen molar-refractivity contribution >= 4 is 16.9 Å². The highest BCUT2D eigenvalue weighted by atomic mass is 19.1. The number of hydrogen-bond acceptors (Lipinski definition) is 4. The Morgan fingerprint density at radius 3 is 2.76 bits per heavy atom. The summed E-state index contributed by atoms with van der Waals surface area (Å²) in [5, 5.41) is 18.0. The first-order valence-electron chi connectivity index (χ1n) is 8.07. The second kappa shape index (κ2) is 5.93. The van der Waals surface area contributed by atoms with Crippen LogP contribution in [-0.4, -0.2) is 43.6 Å². The fraction of sp³-hybridized carbons (Fsp3) is 0.278. The van der Waals surface area contributed by atoms with Gasteiger partial charge in [0.05, 0.1) is 17.7 Å². The van der Waals surface area contributed by atoms with Crippen LogP contribution in [-0.2, 0) is 7.05 Å². The Morgan fingerprint density at radius 1 is 1.24 bits per heavy atom. The quantitative estimate of drug-likeness (QED) is 0.775. The lowest BCUT2D eigenvalue weighted by atomic mass is 10.0. The fourth-order valence-corrected chi connectivity index (χ4v) is 3.37. The third-order valence-electron chi connectivity index (χ3n) is 4.65. The molecule has 128 valence electrons. The van der Waals surface area contributed by atoms with Crippen molar-refractivity contribution in [2.45, 2.75) is 18.6 Å².